The minimum Gasteiger partial charge on any atom is -0.493 e. The van der Waals surface area contributed by atoms with Gasteiger partial charge in [0.25, 0.3) is 5.69 Å². The van der Waals surface area contributed by atoms with Gasteiger partial charge in [0, 0.05) is 18.6 Å². The molecule has 1 aromatic carbocycles. The first-order chi connectivity index (χ1) is 8.95. The Bertz CT molecular complexity index is 476. The van der Waals surface area contributed by atoms with Crippen LogP contribution in [0.25, 0.3) is 0 Å². The van der Waals surface area contributed by atoms with Crippen LogP contribution in [0.3, 0.4) is 0 Å². The first-order valence-electron chi connectivity index (χ1n) is 5.80. The second kappa shape index (κ2) is 6.69. The van der Waals surface area contributed by atoms with Gasteiger partial charge in [-0.1, -0.05) is 0 Å². The summed E-state index contributed by atoms with van der Waals surface area (Å²) in [6.07, 6.45) is 0.433. The van der Waals surface area contributed by atoms with E-state index in [9.17, 15) is 14.9 Å². The third-order valence-corrected chi connectivity index (χ3v) is 2.73. The second-order valence-electron chi connectivity index (χ2n) is 4.09. The van der Waals surface area contributed by atoms with Gasteiger partial charge in [0.15, 0.2) is 0 Å². The summed E-state index contributed by atoms with van der Waals surface area (Å²) < 4.78 is 5.48. The standard InChI is InChI=1S/C12H17N3O4/c1-8-7-9(15(17)18)3-4-11(8)19-6-5-10(14-2)12(13)16/h3-4,7,10,14H,5-6H2,1-2H3,(H2,13,16). The number of nitrogens with one attached hydrogen (secondary N) is 1. The molecule has 19 heavy (non-hydrogen) atoms. The summed E-state index contributed by atoms with van der Waals surface area (Å²) in [5, 5.41) is 13.4. The van der Waals surface area contributed by atoms with Crippen LogP contribution in [0.15, 0.2) is 18.2 Å². The van der Waals surface area contributed by atoms with Crippen LogP contribution in [0.2, 0.25) is 0 Å². The highest BCUT2D eigenvalue weighted by Crippen LogP contribution is 2.23. The molecule has 3 N–H and O–H groups in total. The zero-order valence-corrected chi connectivity index (χ0v) is 10.9. The smallest absolute Gasteiger partial charge is 0.269 e. The number of ether oxygens (including phenoxy) is 1. The number of amides is 1. The van der Waals surface area contributed by atoms with Crippen molar-refractivity contribution in [1.82, 2.24) is 5.32 Å². The molecule has 0 spiro atoms. The van der Waals surface area contributed by atoms with Crippen LogP contribution in [0, 0.1) is 17.0 Å². The Balaban J connectivity index is 2.59. The molecule has 0 saturated carbocycles. The Morgan fingerprint density at radius 2 is 2.26 bits per heavy atom. The van der Waals surface area contributed by atoms with Crippen molar-refractivity contribution in [3.05, 3.63) is 33.9 Å². The summed E-state index contributed by atoms with van der Waals surface area (Å²) in [5.41, 5.74) is 5.88. The maximum atomic E-state index is 11.0. The SMILES string of the molecule is CNC(CCOc1ccc([N+](=O)[O-])cc1C)C(N)=O. The molecule has 7 heteroatoms. The van der Waals surface area contributed by atoms with Crippen molar-refractivity contribution in [2.75, 3.05) is 13.7 Å². The number of primary amides is 1. The Hall–Kier alpha value is -2.15. The van der Waals surface area contributed by atoms with Gasteiger partial charge in [-0.25, -0.2) is 0 Å². The summed E-state index contributed by atoms with van der Waals surface area (Å²) in [4.78, 5) is 21.1. The lowest BCUT2D eigenvalue weighted by Crippen LogP contribution is -2.40. The molecular weight excluding hydrogens is 250 g/mol. The summed E-state index contributed by atoms with van der Waals surface area (Å²) in [6, 6.07) is 3.93. The Labute approximate surface area is 110 Å². The summed E-state index contributed by atoms with van der Waals surface area (Å²) in [5.74, 6) is 0.122. The first kappa shape index (κ1) is 14.9. The molecule has 0 fully saturated rings. The van der Waals surface area contributed by atoms with Crippen LogP contribution in [0.5, 0.6) is 5.75 Å². The van der Waals surface area contributed by atoms with E-state index < -0.39 is 16.9 Å². The predicted molar refractivity (Wildman–Crippen MR) is 70.0 cm³/mol. The van der Waals surface area contributed by atoms with Gasteiger partial charge in [0.1, 0.15) is 5.75 Å². The fraction of sp³-hybridized carbons (Fsp3) is 0.417. The molecule has 1 amide bonds. The van der Waals surface area contributed by atoms with E-state index in [0.29, 0.717) is 24.3 Å². The van der Waals surface area contributed by atoms with E-state index in [1.807, 2.05) is 0 Å². The first-order valence-corrected chi connectivity index (χ1v) is 5.80. The van der Waals surface area contributed by atoms with Gasteiger partial charge in [0.2, 0.25) is 5.91 Å². The molecule has 0 aliphatic rings. The zero-order valence-electron chi connectivity index (χ0n) is 10.9. The highest BCUT2D eigenvalue weighted by molar-refractivity contribution is 5.79. The highest BCUT2D eigenvalue weighted by Gasteiger charge is 2.13. The van der Waals surface area contributed by atoms with E-state index in [0.717, 1.165) is 0 Å². The maximum Gasteiger partial charge on any atom is 0.269 e. The summed E-state index contributed by atoms with van der Waals surface area (Å²) >= 11 is 0. The average molecular weight is 267 g/mol. The largest absolute Gasteiger partial charge is 0.493 e. The Morgan fingerprint density at radius 3 is 2.74 bits per heavy atom. The molecule has 0 aliphatic heterocycles. The number of carbonyl (C=O) groups is 1. The molecule has 0 aliphatic carbocycles. The van der Waals surface area contributed by atoms with E-state index in [2.05, 4.69) is 5.32 Å². The number of nitrogens with zero attached hydrogens (tertiary/aromatic N) is 1. The molecule has 1 atom stereocenters. The zero-order chi connectivity index (χ0) is 14.4. The molecule has 0 bridgehead atoms. The van der Waals surface area contributed by atoms with Gasteiger partial charge in [-0.15, -0.1) is 0 Å². The van der Waals surface area contributed by atoms with Crippen LogP contribution in [0.1, 0.15) is 12.0 Å². The minimum absolute atomic E-state index is 0.0232. The van der Waals surface area contributed by atoms with Gasteiger partial charge < -0.3 is 15.8 Å². The topological polar surface area (TPSA) is 107 Å². The number of aryl methyl sites for hydroxylation is 1. The Morgan fingerprint density at radius 1 is 1.58 bits per heavy atom. The predicted octanol–water partition coefficient (Wildman–Crippen LogP) is 0.745. The molecule has 7 nitrogen and oxygen atoms in total. The lowest BCUT2D eigenvalue weighted by molar-refractivity contribution is -0.384. The number of hydrogen-bond donors (Lipinski definition) is 2. The van der Waals surface area contributed by atoms with Crippen molar-refractivity contribution in [1.29, 1.82) is 0 Å². The van der Waals surface area contributed by atoms with Crippen molar-refractivity contribution >= 4 is 11.6 Å². The van der Waals surface area contributed by atoms with Gasteiger partial charge in [-0.05, 0) is 25.6 Å². The van der Waals surface area contributed by atoms with Crippen LogP contribution in [-0.4, -0.2) is 30.5 Å². The van der Waals surface area contributed by atoms with Gasteiger partial charge in [-0.2, -0.15) is 0 Å². The van der Waals surface area contributed by atoms with E-state index in [1.54, 1.807) is 20.0 Å². The fourth-order valence-corrected chi connectivity index (χ4v) is 1.62. The molecule has 0 heterocycles. The van der Waals surface area contributed by atoms with Crippen LogP contribution >= 0.6 is 0 Å². The number of nitro groups is 1. The quantitative estimate of drug-likeness (QED) is 0.559. The van der Waals surface area contributed by atoms with Crippen molar-refractivity contribution < 1.29 is 14.5 Å². The fourth-order valence-electron chi connectivity index (χ4n) is 1.62. The van der Waals surface area contributed by atoms with Crippen molar-refractivity contribution in [2.24, 2.45) is 5.73 Å². The third-order valence-electron chi connectivity index (χ3n) is 2.73. The van der Waals surface area contributed by atoms with Crippen molar-refractivity contribution in [3.8, 4) is 5.75 Å². The molecule has 0 saturated heterocycles. The summed E-state index contributed by atoms with van der Waals surface area (Å²) in [7, 11) is 1.65. The number of rotatable bonds is 7. The number of hydrogen-bond acceptors (Lipinski definition) is 5. The van der Waals surface area contributed by atoms with Crippen LogP contribution in [0.4, 0.5) is 5.69 Å². The van der Waals surface area contributed by atoms with E-state index >= 15 is 0 Å². The van der Waals surface area contributed by atoms with Gasteiger partial charge in [0.05, 0.1) is 17.6 Å². The van der Waals surface area contributed by atoms with Crippen LogP contribution in [-0.2, 0) is 4.79 Å². The number of non-ortho nitro benzene ring substituents is 1. The molecule has 1 rings (SSSR count). The Kier molecular flexibility index (Phi) is 5.25. The maximum absolute atomic E-state index is 11.0. The molecular formula is C12H17N3O4. The number of carbonyl (C=O) groups excluding carboxylic acids is 1. The number of nitro benzene ring substituents is 1. The molecule has 104 valence electrons. The second-order valence-corrected chi connectivity index (χ2v) is 4.09. The highest BCUT2D eigenvalue weighted by atomic mass is 16.6. The van der Waals surface area contributed by atoms with E-state index in [4.69, 9.17) is 10.5 Å². The average Bonchev–Trinajstić information content (AvgIpc) is 2.35. The van der Waals surface area contributed by atoms with Crippen molar-refractivity contribution in [3.63, 3.8) is 0 Å². The number of likely N-dealkylation sites (N-methyl/N-ethyl adjacent to an activating group) is 1. The lowest BCUT2D eigenvalue weighted by Gasteiger charge is -2.13. The molecule has 0 radical (unpaired) electrons. The van der Waals surface area contributed by atoms with Gasteiger partial charge in [-0.3, -0.25) is 14.9 Å². The third kappa shape index (κ3) is 4.22. The van der Waals surface area contributed by atoms with Crippen molar-refractivity contribution in [2.45, 2.75) is 19.4 Å². The van der Waals surface area contributed by atoms with E-state index in [1.165, 1.54) is 12.1 Å². The summed E-state index contributed by atoms with van der Waals surface area (Å²) in [6.45, 7) is 2.03. The molecule has 0 aromatic heterocycles. The lowest BCUT2D eigenvalue weighted by atomic mass is 10.2. The van der Waals surface area contributed by atoms with Crippen LogP contribution < -0.4 is 15.8 Å². The number of benzene rings is 1. The molecule has 1 aromatic rings. The van der Waals surface area contributed by atoms with Gasteiger partial charge >= 0.3 is 0 Å². The monoisotopic (exact) mass is 267 g/mol. The van der Waals surface area contributed by atoms with E-state index in [-0.39, 0.29) is 5.69 Å². The normalized spacial score (nSPS) is 11.9. The minimum atomic E-state index is -0.457. The molecule has 1 unspecified atom stereocenters. The number of nitrogens with two attached hydrogens (primary N) is 1.